The molecule has 0 fully saturated rings. The van der Waals surface area contributed by atoms with Crippen LogP contribution in [0.15, 0.2) is 30.9 Å². The molecule has 0 aromatic heterocycles. The second kappa shape index (κ2) is 4.94. The van der Waals surface area contributed by atoms with Crippen molar-refractivity contribution >= 4 is 0 Å². The summed E-state index contributed by atoms with van der Waals surface area (Å²) in [6.07, 6.45) is 1.56. The number of benzene rings is 1. The Balaban J connectivity index is 3.00. The van der Waals surface area contributed by atoms with Crippen LogP contribution in [0.4, 0.5) is 4.39 Å². The zero-order valence-corrected chi connectivity index (χ0v) is 9.03. The smallest absolute Gasteiger partial charge is 0.125 e. The molecule has 0 heterocycles. The number of ether oxygens (including phenoxy) is 1. The van der Waals surface area contributed by atoms with Crippen LogP contribution in [0, 0.1) is 5.82 Å². The first-order valence-corrected chi connectivity index (χ1v) is 4.89. The van der Waals surface area contributed by atoms with Crippen LogP contribution in [0.5, 0.6) is 5.75 Å². The van der Waals surface area contributed by atoms with Crippen molar-refractivity contribution < 1.29 is 9.13 Å². The van der Waals surface area contributed by atoms with Gasteiger partial charge >= 0.3 is 0 Å². The lowest BCUT2D eigenvalue weighted by molar-refractivity contribution is 0.266. The SMILES string of the molecule is C=CC(C)Oc1ccc(F)cc1[C@@H](C)N. The molecule has 1 aromatic rings. The van der Waals surface area contributed by atoms with Crippen molar-refractivity contribution in [1.82, 2.24) is 0 Å². The molecule has 0 spiro atoms. The lowest BCUT2D eigenvalue weighted by Gasteiger charge is -2.16. The highest BCUT2D eigenvalue weighted by Crippen LogP contribution is 2.25. The topological polar surface area (TPSA) is 35.2 Å². The molecule has 1 aromatic carbocycles. The summed E-state index contributed by atoms with van der Waals surface area (Å²) in [5, 5.41) is 0. The highest BCUT2D eigenvalue weighted by molar-refractivity contribution is 5.36. The van der Waals surface area contributed by atoms with Crippen molar-refractivity contribution in [2.24, 2.45) is 5.73 Å². The summed E-state index contributed by atoms with van der Waals surface area (Å²) >= 11 is 0. The Hall–Kier alpha value is -1.35. The van der Waals surface area contributed by atoms with Crippen molar-refractivity contribution in [2.75, 3.05) is 0 Å². The van der Waals surface area contributed by atoms with Crippen molar-refractivity contribution in [3.63, 3.8) is 0 Å². The van der Waals surface area contributed by atoms with E-state index in [4.69, 9.17) is 10.5 Å². The van der Waals surface area contributed by atoms with Crippen molar-refractivity contribution in [1.29, 1.82) is 0 Å². The van der Waals surface area contributed by atoms with Gasteiger partial charge in [0, 0.05) is 11.6 Å². The van der Waals surface area contributed by atoms with Crippen molar-refractivity contribution in [2.45, 2.75) is 26.0 Å². The largest absolute Gasteiger partial charge is 0.486 e. The number of nitrogens with two attached hydrogens (primary N) is 1. The molecular formula is C12H16FNO. The molecule has 15 heavy (non-hydrogen) atoms. The molecule has 0 aliphatic carbocycles. The molecule has 82 valence electrons. The zero-order valence-electron chi connectivity index (χ0n) is 9.03. The lowest BCUT2D eigenvalue weighted by atomic mass is 10.1. The molecule has 2 N–H and O–H groups in total. The summed E-state index contributed by atoms with van der Waals surface area (Å²) < 4.78 is 18.5. The standard InChI is InChI=1S/C12H16FNO/c1-4-8(2)15-12-6-5-10(13)7-11(12)9(3)14/h4-9H,1,14H2,2-3H3/t8?,9-/m1/s1. The van der Waals surface area contributed by atoms with E-state index in [9.17, 15) is 4.39 Å². The predicted molar refractivity (Wildman–Crippen MR) is 59.3 cm³/mol. The first-order valence-electron chi connectivity index (χ1n) is 4.89. The van der Waals surface area contributed by atoms with E-state index in [0.29, 0.717) is 11.3 Å². The van der Waals surface area contributed by atoms with Gasteiger partial charge in [-0.25, -0.2) is 4.39 Å². The Labute approximate surface area is 89.6 Å². The summed E-state index contributed by atoms with van der Waals surface area (Å²) in [7, 11) is 0. The van der Waals surface area contributed by atoms with Gasteiger partial charge in [-0.15, -0.1) is 0 Å². The second-order valence-electron chi connectivity index (χ2n) is 3.53. The minimum absolute atomic E-state index is 0.118. The van der Waals surface area contributed by atoms with Gasteiger partial charge in [-0.05, 0) is 32.0 Å². The second-order valence-corrected chi connectivity index (χ2v) is 3.53. The van der Waals surface area contributed by atoms with Crippen molar-refractivity contribution in [3.05, 3.63) is 42.2 Å². The fourth-order valence-corrected chi connectivity index (χ4v) is 1.23. The first kappa shape index (κ1) is 11.7. The van der Waals surface area contributed by atoms with E-state index in [-0.39, 0.29) is 18.0 Å². The molecule has 0 radical (unpaired) electrons. The van der Waals surface area contributed by atoms with Gasteiger partial charge < -0.3 is 10.5 Å². The van der Waals surface area contributed by atoms with Gasteiger partial charge in [0.1, 0.15) is 17.7 Å². The molecule has 2 nitrogen and oxygen atoms in total. The van der Waals surface area contributed by atoms with Gasteiger partial charge in [-0.3, -0.25) is 0 Å². The average molecular weight is 209 g/mol. The van der Waals surface area contributed by atoms with Crippen LogP contribution in [0.3, 0.4) is 0 Å². The number of hydrogen-bond acceptors (Lipinski definition) is 2. The van der Waals surface area contributed by atoms with Crippen LogP contribution in [-0.4, -0.2) is 6.10 Å². The molecule has 0 bridgehead atoms. The summed E-state index contributed by atoms with van der Waals surface area (Å²) in [4.78, 5) is 0. The van der Waals surface area contributed by atoms with E-state index in [1.54, 1.807) is 19.1 Å². The quantitative estimate of drug-likeness (QED) is 0.774. The summed E-state index contributed by atoms with van der Waals surface area (Å²) in [6.45, 7) is 7.27. The maximum atomic E-state index is 13.0. The molecule has 3 heteroatoms. The molecule has 0 aliphatic rings. The molecule has 1 unspecified atom stereocenters. The maximum Gasteiger partial charge on any atom is 0.125 e. The Morgan fingerprint density at radius 1 is 1.47 bits per heavy atom. The molecule has 2 atom stereocenters. The summed E-state index contributed by atoms with van der Waals surface area (Å²) in [5.74, 6) is 0.305. The third kappa shape index (κ3) is 3.06. The fourth-order valence-electron chi connectivity index (χ4n) is 1.23. The van der Waals surface area contributed by atoms with Gasteiger partial charge in [0.05, 0.1) is 0 Å². The van der Waals surface area contributed by atoms with E-state index in [1.165, 1.54) is 12.1 Å². The van der Waals surface area contributed by atoms with E-state index in [1.807, 2.05) is 6.92 Å². The van der Waals surface area contributed by atoms with Crippen LogP contribution >= 0.6 is 0 Å². The third-order valence-electron chi connectivity index (χ3n) is 2.11. The fraction of sp³-hybridized carbons (Fsp3) is 0.333. The van der Waals surface area contributed by atoms with Gasteiger partial charge in [0.15, 0.2) is 0 Å². The Morgan fingerprint density at radius 3 is 2.67 bits per heavy atom. The lowest BCUT2D eigenvalue weighted by Crippen LogP contribution is -2.13. The highest BCUT2D eigenvalue weighted by atomic mass is 19.1. The van der Waals surface area contributed by atoms with Crippen LogP contribution in [0.1, 0.15) is 25.5 Å². The van der Waals surface area contributed by atoms with E-state index in [2.05, 4.69) is 6.58 Å². The summed E-state index contributed by atoms with van der Waals surface area (Å²) in [5.41, 5.74) is 6.40. The van der Waals surface area contributed by atoms with Gasteiger partial charge in [0.2, 0.25) is 0 Å². The monoisotopic (exact) mass is 209 g/mol. The first-order chi connectivity index (χ1) is 7.04. The average Bonchev–Trinajstić information content (AvgIpc) is 2.20. The van der Waals surface area contributed by atoms with Gasteiger partial charge in [-0.2, -0.15) is 0 Å². The molecule has 0 amide bonds. The van der Waals surface area contributed by atoms with Crippen LogP contribution in [0.25, 0.3) is 0 Å². The van der Waals surface area contributed by atoms with Crippen LogP contribution in [0.2, 0.25) is 0 Å². The van der Waals surface area contributed by atoms with E-state index >= 15 is 0 Å². The van der Waals surface area contributed by atoms with Crippen LogP contribution in [-0.2, 0) is 0 Å². The van der Waals surface area contributed by atoms with Crippen LogP contribution < -0.4 is 10.5 Å². The molecular weight excluding hydrogens is 193 g/mol. The summed E-state index contributed by atoms with van der Waals surface area (Å²) in [6, 6.07) is 4.09. The molecule has 0 saturated carbocycles. The van der Waals surface area contributed by atoms with Gasteiger partial charge in [-0.1, -0.05) is 12.7 Å². The normalized spacial score (nSPS) is 14.4. The Bertz CT molecular complexity index is 349. The minimum Gasteiger partial charge on any atom is -0.486 e. The predicted octanol–water partition coefficient (Wildman–Crippen LogP) is 2.80. The number of rotatable bonds is 4. The van der Waals surface area contributed by atoms with E-state index in [0.717, 1.165) is 0 Å². The maximum absolute atomic E-state index is 13.0. The zero-order chi connectivity index (χ0) is 11.4. The number of hydrogen-bond donors (Lipinski definition) is 1. The minimum atomic E-state index is -0.305. The Morgan fingerprint density at radius 2 is 2.13 bits per heavy atom. The molecule has 0 saturated heterocycles. The number of halogens is 1. The molecule has 1 rings (SSSR count). The molecule has 0 aliphatic heterocycles. The Kier molecular flexibility index (Phi) is 3.86. The van der Waals surface area contributed by atoms with E-state index < -0.39 is 0 Å². The van der Waals surface area contributed by atoms with Crippen molar-refractivity contribution in [3.8, 4) is 5.75 Å². The highest BCUT2D eigenvalue weighted by Gasteiger charge is 2.10. The third-order valence-corrected chi connectivity index (χ3v) is 2.11. The van der Waals surface area contributed by atoms with Gasteiger partial charge in [0.25, 0.3) is 0 Å².